The smallest absolute Gasteiger partial charge is 0.252 e. The maximum atomic E-state index is 12.3. The Morgan fingerprint density at radius 2 is 2.21 bits per heavy atom. The number of nitrogens with zero attached hydrogens (tertiary/aromatic N) is 2. The molecule has 0 saturated heterocycles. The van der Waals surface area contributed by atoms with Crippen molar-refractivity contribution in [2.24, 2.45) is 0 Å². The van der Waals surface area contributed by atoms with E-state index in [0.29, 0.717) is 15.8 Å². The van der Waals surface area contributed by atoms with E-state index in [9.17, 15) is 8.42 Å². The Bertz CT molecular complexity index is 641. The van der Waals surface area contributed by atoms with Crippen molar-refractivity contribution in [1.82, 2.24) is 9.29 Å². The second kappa shape index (κ2) is 6.00. The largest absolute Gasteiger partial charge is 0.260 e. The lowest BCUT2D eigenvalue weighted by Gasteiger charge is -2.15. The van der Waals surface area contributed by atoms with E-state index in [1.165, 1.54) is 15.6 Å². The Morgan fingerprint density at radius 3 is 2.79 bits per heavy atom. The zero-order valence-corrected chi connectivity index (χ0v) is 12.7. The summed E-state index contributed by atoms with van der Waals surface area (Å²) in [6, 6.07) is 7.04. The lowest BCUT2D eigenvalue weighted by molar-refractivity contribution is 0.464. The van der Waals surface area contributed by atoms with Crippen LogP contribution in [0.3, 0.4) is 0 Å². The van der Waals surface area contributed by atoms with Gasteiger partial charge < -0.3 is 0 Å². The predicted molar refractivity (Wildman–Crippen MR) is 76.8 cm³/mol. The van der Waals surface area contributed by atoms with Gasteiger partial charge >= 0.3 is 0 Å². The maximum Gasteiger partial charge on any atom is 0.252 e. The molecule has 19 heavy (non-hydrogen) atoms. The Balaban J connectivity index is 2.19. The summed E-state index contributed by atoms with van der Waals surface area (Å²) in [5.41, 5.74) is 1.53. The van der Waals surface area contributed by atoms with Crippen LogP contribution in [0, 0.1) is 0 Å². The molecule has 0 aliphatic heterocycles. The fraction of sp³-hybridized carbons (Fsp3) is 0.250. The molecule has 7 heteroatoms. The molecule has 2 aromatic heterocycles. The first-order valence-corrected chi connectivity index (χ1v) is 8.39. The molecular weight excluding hydrogens is 304 g/mol. The van der Waals surface area contributed by atoms with Gasteiger partial charge in [-0.2, -0.15) is 4.31 Å². The number of halogens is 1. The monoisotopic (exact) mass is 316 g/mol. The summed E-state index contributed by atoms with van der Waals surface area (Å²) in [7, 11) is -1.93. The Kier molecular flexibility index (Phi) is 4.57. The van der Waals surface area contributed by atoms with Crippen LogP contribution in [0.25, 0.3) is 0 Å². The maximum absolute atomic E-state index is 12.3. The number of hydrogen-bond acceptors (Lipinski definition) is 4. The third-order valence-corrected chi connectivity index (χ3v) is 6.14. The molecule has 0 spiro atoms. The first-order valence-electron chi connectivity index (χ1n) is 5.53. The Labute approximate surface area is 121 Å². The van der Waals surface area contributed by atoms with Gasteiger partial charge in [-0.15, -0.1) is 22.9 Å². The Hall–Kier alpha value is -0.950. The molecule has 102 valence electrons. The fourth-order valence-electron chi connectivity index (χ4n) is 1.52. The molecule has 4 nitrogen and oxygen atoms in total. The quantitative estimate of drug-likeness (QED) is 0.797. The topological polar surface area (TPSA) is 50.3 Å². The van der Waals surface area contributed by atoms with Crippen molar-refractivity contribution >= 4 is 33.0 Å². The van der Waals surface area contributed by atoms with Gasteiger partial charge in [-0.25, -0.2) is 8.42 Å². The van der Waals surface area contributed by atoms with Crippen molar-refractivity contribution in [3.63, 3.8) is 0 Å². The normalized spacial score (nSPS) is 11.9. The third-order valence-electron chi connectivity index (χ3n) is 2.56. The molecule has 2 rings (SSSR count). The van der Waals surface area contributed by atoms with Crippen LogP contribution in [0.4, 0.5) is 0 Å². The van der Waals surface area contributed by atoms with Crippen LogP contribution in [0.5, 0.6) is 0 Å². The van der Waals surface area contributed by atoms with Gasteiger partial charge in [0.25, 0.3) is 10.0 Å². The van der Waals surface area contributed by atoms with Crippen LogP contribution in [0.2, 0.25) is 0 Å². The second-order valence-corrected chi connectivity index (χ2v) is 7.44. The molecule has 2 heterocycles. The van der Waals surface area contributed by atoms with E-state index in [-0.39, 0.29) is 6.54 Å². The molecular formula is C12H13ClN2O2S2. The SMILES string of the molecule is CN(Cc1ccccn1)S(=O)(=O)c1cc(CCl)cs1. The molecule has 0 bridgehead atoms. The average Bonchev–Trinajstić information content (AvgIpc) is 2.89. The van der Waals surface area contributed by atoms with Gasteiger partial charge in [-0.05, 0) is 29.1 Å². The molecule has 0 N–H and O–H groups in total. The molecule has 0 amide bonds. The summed E-state index contributed by atoms with van der Waals surface area (Å²) in [6.45, 7) is 0.247. The number of alkyl halides is 1. The van der Waals surface area contributed by atoms with Gasteiger partial charge in [0.1, 0.15) is 4.21 Å². The minimum absolute atomic E-state index is 0.247. The second-order valence-electron chi connectivity index (χ2n) is 3.99. The standard InChI is InChI=1S/C12H13ClN2O2S2/c1-15(8-11-4-2-3-5-14-11)19(16,17)12-6-10(7-13)9-18-12/h2-6,9H,7-8H2,1H3. The van der Waals surface area contributed by atoms with E-state index < -0.39 is 10.0 Å². The summed E-state index contributed by atoms with van der Waals surface area (Å²) >= 11 is 6.87. The van der Waals surface area contributed by atoms with Gasteiger partial charge in [0.2, 0.25) is 0 Å². The van der Waals surface area contributed by atoms with Gasteiger partial charge in [0.05, 0.1) is 12.2 Å². The van der Waals surface area contributed by atoms with E-state index in [1.54, 1.807) is 36.8 Å². The van der Waals surface area contributed by atoms with Crippen molar-refractivity contribution in [1.29, 1.82) is 0 Å². The highest BCUT2D eigenvalue weighted by Gasteiger charge is 2.23. The Morgan fingerprint density at radius 1 is 1.42 bits per heavy atom. The van der Waals surface area contributed by atoms with E-state index in [4.69, 9.17) is 11.6 Å². The lowest BCUT2D eigenvalue weighted by atomic mass is 10.3. The fourth-order valence-corrected chi connectivity index (χ4v) is 4.32. The van der Waals surface area contributed by atoms with Gasteiger partial charge in [0, 0.05) is 19.1 Å². The highest BCUT2D eigenvalue weighted by atomic mass is 35.5. The zero-order valence-electron chi connectivity index (χ0n) is 10.3. The zero-order chi connectivity index (χ0) is 13.9. The van der Waals surface area contributed by atoms with Crippen molar-refractivity contribution in [3.8, 4) is 0 Å². The van der Waals surface area contributed by atoms with Crippen molar-refractivity contribution in [3.05, 3.63) is 47.1 Å². The van der Waals surface area contributed by atoms with Crippen LogP contribution < -0.4 is 0 Å². The molecule has 0 unspecified atom stereocenters. The number of thiophene rings is 1. The first-order chi connectivity index (χ1) is 9.04. The van der Waals surface area contributed by atoms with Crippen LogP contribution in [-0.2, 0) is 22.4 Å². The van der Waals surface area contributed by atoms with Crippen molar-refractivity contribution in [2.75, 3.05) is 7.05 Å². The third kappa shape index (κ3) is 3.33. The minimum Gasteiger partial charge on any atom is -0.260 e. The van der Waals surface area contributed by atoms with Gasteiger partial charge in [-0.3, -0.25) is 4.98 Å². The molecule has 0 aliphatic carbocycles. The van der Waals surface area contributed by atoms with Crippen molar-refractivity contribution in [2.45, 2.75) is 16.6 Å². The number of pyridine rings is 1. The summed E-state index contributed by atoms with van der Waals surface area (Å²) in [6.07, 6.45) is 1.65. The highest BCUT2D eigenvalue weighted by Crippen LogP contribution is 2.24. The number of rotatable bonds is 5. The molecule has 0 aliphatic rings. The molecule has 0 radical (unpaired) electrons. The van der Waals surface area contributed by atoms with Crippen LogP contribution >= 0.6 is 22.9 Å². The van der Waals surface area contributed by atoms with E-state index in [2.05, 4.69) is 4.98 Å². The van der Waals surface area contributed by atoms with E-state index in [1.807, 2.05) is 6.07 Å². The lowest BCUT2D eigenvalue weighted by Crippen LogP contribution is -2.26. The van der Waals surface area contributed by atoms with Crippen LogP contribution in [-0.4, -0.2) is 24.8 Å². The summed E-state index contributed by atoms with van der Waals surface area (Å²) < 4.78 is 26.3. The van der Waals surface area contributed by atoms with Crippen molar-refractivity contribution < 1.29 is 8.42 Å². The van der Waals surface area contributed by atoms with E-state index >= 15 is 0 Å². The molecule has 0 fully saturated rings. The molecule has 2 aromatic rings. The summed E-state index contributed by atoms with van der Waals surface area (Å²) in [4.78, 5) is 4.12. The van der Waals surface area contributed by atoms with Crippen LogP contribution in [0.15, 0.2) is 40.1 Å². The number of hydrogen-bond donors (Lipinski definition) is 0. The first kappa shape index (κ1) is 14.5. The molecule has 0 aromatic carbocycles. The molecule has 0 atom stereocenters. The van der Waals surface area contributed by atoms with Gasteiger partial charge in [-0.1, -0.05) is 6.07 Å². The minimum atomic E-state index is -3.47. The van der Waals surface area contributed by atoms with Crippen LogP contribution in [0.1, 0.15) is 11.3 Å². The van der Waals surface area contributed by atoms with Gasteiger partial charge in [0.15, 0.2) is 0 Å². The number of aromatic nitrogens is 1. The average molecular weight is 317 g/mol. The summed E-state index contributed by atoms with van der Waals surface area (Å²) in [5, 5.41) is 1.76. The van der Waals surface area contributed by atoms with E-state index in [0.717, 1.165) is 5.56 Å². The number of sulfonamides is 1. The molecule has 0 saturated carbocycles. The highest BCUT2D eigenvalue weighted by molar-refractivity contribution is 7.91. The summed E-state index contributed by atoms with van der Waals surface area (Å²) in [5.74, 6) is 0.315. The predicted octanol–water partition coefficient (Wildman–Crippen LogP) is 2.70.